The molecule has 0 aliphatic carbocycles. The Hall–Kier alpha value is -3.83. The zero-order chi connectivity index (χ0) is 30.7. The number of fused-ring (bicyclic) bond motifs is 1. The molecule has 11 heteroatoms. The van der Waals surface area contributed by atoms with Crippen LogP contribution in [0.15, 0.2) is 70.1 Å². The third kappa shape index (κ3) is 7.77. The lowest BCUT2D eigenvalue weighted by atomic mass is 10.1. The Morgan fingerprint density at radius 2 is 1.77 bits per heavy atom. The number of pyridine rings is 1. The minimum absolute atomic E-state index is 0.0544. The molecule has 2 aromatic heterocycles. The van der Waals surface area contributed by atoms with E-state index in [1.165, 1.54) is 22.3 Å². The number of carbonyl (C=O) groups excluding carboxylic acids is 1. The summed E-state index contributed by atoms with van der Waals surface area (Å²) in [7, 11) is 0. The van der Waals surface area contributed by atoms with Gasteiger partial charge in [-0.05, 0) is 57.0 Å². The van der Waals surface area contributed by atoms with Crippen molar-refractivity contribution in [1.29, 1.82) is 0 Å². The minimum Gasteiger partial charge on any atom is -0.444 e. The number of benzene rings is 2. The van der Waals surface area contributed by atoms with Gasteiger partial charge in [-0.15, -0.1) is 0 Å². The van der Waals surface area contributed by atoms with E-state index in [0.29, 0.717) is 40.1 Å². The third-order valence-electron chi connectivity index (χ3n) is 7.32. The highest BCUT2D eigenvalue weighted by molar-refractivity contribution is 9.10. The van der Waals surface area contributed by atoms with Crippen LogP contribution in [0.3, 0.4) is 0 Å². The van der Waals surface area contributed by atoms with Crippen LogP contribution in [0.1, 0.15) is 50.4 Å². The van der Waals surface area contributed by atoms with Crippen molar-refractivity contribution in [3.63, 3.8) is 0 Å². The lowest BCUT2D eigenvalue weighted by Crippen LogP contribution is -2.49. The first kappa shape index (κ1) is 30.6. The Morgan fingerprint density at radius 1 is 1.05 bits per heavy atom. The molecule has 9 nitrogen and oxygen atoms in total. The molecule has 0 radical (unpaired) electrons. The molecule has 0 saturated carbocycles. The molecule has 1 aliphatic heterocycles. The van der Waals surface area contributed by atoms with Gasteiger partial charge >= 0.3 is 6.09 Å². The lowest BCUT2D eigenvalue weighted by molar-refractivity contribution is 0.0139. The standard InChI is InChI=1S/C32H36BrFN6O3/c1-21(23-7-5-22(6-8-23)19-38-13-15-39(16-14-38)31(42)43-32(2,3)4)36-30-35-18-24-10-12-28(41)40(29(24)37-30)20-25-9-11-26(33)17-27(25)34/h5-12,17-18,21H,13-16,19-20H2,1-4H3,(H,35,36,37)/t21-/m0/s1. The molecule has 0 spiro atoms. The van der Waals surface area contributed by atoms with E-state index < -0.39 is 11.4 Å². The molecular formula is C32H36BrFN6O3. The molecule has 1 atom stereocenters. The topological polar surface area (TPSA) is 92.6 Å². The van der Waals surface area contributed by atoms with E-state index in [1.54, 1.807) is 29.3 Å². The van der Waals surface area contributed by atoms with E-state index in [0.717, 1.165) is 25.2 Å². The molecule has 1 amide bonds. The summed E-state index contributed by atoms with van der Waals surface area (Å²) in [5, 5.41) is 4.02. The molecule has 1 saturated heterocycles. The first-order valence-corrected chi connectivity index (χ1v) is 15.1. The van der Waals surface area contributed by atoms with Crippen molar-refractivity contribution in [2.24, 2.45) is 0 Å². The first-order valence-electron chi connectivity index (χ1n) is 14.3. The van der Waals surface area contributed by atoms with E-state index >= 15 is 0 Å². The summed E-state index contributed by atoms with van der Waals surface area (Å²) in [5.41, 5.74) is 2.31. The third-order valence-corrected chi connectivity index (χ3v) is 7.82. The maximum absolute atomic E-state index is 14.5. The van der Waals surface area contributed by atoms with Crippen LogP contribution in [0.4, 0.5) is 15.1 Å². The van der Waals surface area contributed by atoms with Crippen molar-refractivity contribution >= 4 is 39.0 Å². The van der Waals surface area contributed by atoms with Crippen LogP contribution in [0.25, 0.3) is 11.0 Å². The number of anilines is 1. The van der Waals surface area contributed by atoms with E-state index in [4.69, 9.17) is 4.74 Å². The van der Waals surface area contributed by atoms with Gasteiger partial charge in [0.1, 0.15) is 17.1 Å². The van der Waals surface area contributed by atoms with Crippen LogP contribution < -0.4 is 10.9 Å². The summed E-state index contributed by atoms with van der Waals surface area (Å²) in [6.07, 6.45) is 1.41. The van der Waals surface area contributed by atoms with Crippen molar-refractivity contribution in [3.8, 4) is 0 Å². The normalized spacial score (nSPS) is 15.0. The molecule has 1 N–H and O–H groups in total. The number of hydrogen-bond donors (Lipinski definition) is 1. The fraction of sp³-hybridized carbons (Fsp3) is 0.375. The van der Waals surface area contributed by atoms with Crippen molar-refractivity contribution in [1.82, 2.24) is 24.3 Å². The number of halogens is 2. The van der Waals surface area contributed by atoms with E-state index in [1.807, 2.05) is 27.7 Å². The number of ether oxygens (including phenoxy) is 1. The molecule has 1 aliphatic rings. The second kappa shape index (κ2) is 12.8. The molecule has 0 unspecified atom stereocenters. The fourth-order valence-corrected chi connectivity index (χ4v) is 5.31. The Morgan fingerprint density at radius 3 is 2.44 bits per heavy atom. The fourth-order valence-electron chi connectivity index (χ4n) is 4.98. The molecule has 5 rings (SSSR count). The van der Waals surface area contributed by atoms with Gasteiger partial charge in [0.05, 0.1) is 12.6 Å². The van der Waals surface area contributed by atoms with Crippen LogP contribution >= 0.6 is 15.9 Å². The molecule has 1 fully saturated rings. The number of hydrogen-bond acceptors (Lipinski definition) is 7. The van der Waals surface area contributed by atoms with E-state index in [-0.39, 0.29) is 24.2 Å². The maximum atomic E-state index is 14.5. The number of piperazine rings is 1. The highest BCUT2D eigenvalue weighted by Crippen LogP contribution is 2.22. The maximum Gasteiger partial charge on any atom is 0.410 e. The van der Waals surface area contributed by atoms with Gasteiger partial charge < -0.3 is 15.0 Å². The summed E-state index contributed by atoms with van der Waals surface area (Å²) in [5.74, 6) is -0.0200. The van der Waals surface area contributed by atoms with Crippen molar-refractivity contribution in [2.75, 3.05) is 31.5 Å². The first-order chi connectivity index (χ1) is 20.4. The molecule has 0 bridgehead atoms. The highest BCUT2D eigenvalue weighted by atomic mass is 79.9. The van der Waals surface area contributed by atoms with Gasteiger partial charge in [-0.2, -0.15) is 4.98 Å². The molecule has 43 heavy (non-hydrogen) atoms. The number of aromatic nitrogens is 3. The van der Waals surface area contributed by atoms with Gasteiger partial charge in [0, 0.05) is 60.4 Å². The monoisotopic (exact) mass is 650 g/mol. The summed E-state index contributed by atoms with van der Waals surface area (Å²) >= 11 is 3.27. The Kier molecular flexibility index (Phi) is 9.12. The van der Waals surface area contributed by atoms with Crippen molar-refractivity contribution in [3.05, 3.63) is 98.1 Å². The predicted octanol–water partition coefficient (Wildman–Crippen LogP) is 5.97. The average molecular weight is 652 g/mol. The Labute approximate surface area is 258 Å². The number of rotatable bonds is 7. The Bertz CT molecular complexity index is 1660. The van der Waals surface area contributed by atoms with Gasteiger partial charge in [0.15, 0.2) is 0 Å². The predicted molar refractivity (Wildman–Crippen MR) is 169 cm³/mol. The summed E-state index contributed by atoms with van der Waals surface area (Å²) in [4.78, 5) is 38.3. The van der Waals surface area contributed by atoms with Gasteiger partial charge in [-0.1, -0.05) is 46.3 Å². The number of carbonyl (C=O) groups is 1. The van der Waals surface area contributed by atoms with Crippen LogP contribution in [-0.2, 0) is 17.8 Å². The van der Waals surface area contributed by atoms with Crippen LogP contribution in [0.5, 0.6) is 0 Å². The van der Waals surface area contributed by atoms with Gasteiger partial charge in [-0.3, -0.25) is 14.3 Å². The number of amides is 1. The number of nitrogens with zero attached hydrogens (tertiary/aromatic N) is 5. The molecular weight excluding hydrogens is 615 g/mol. The lowest BCUT2D eigenvalue weighted by Gasteiger charge is -2.35. The molecule has 226 valence electrons. The van der Waals surface area contributed by atoms with Crippen molar-refractivity contribution in [2.45, 2.75) is 52.4 Å². The van der Waals surface area contributed by atoms with Crippen LogP contribution in [0, 0.1) is 5.82 Å². The van der Waals surface area contributed by atoms with Crippen molar-refractivity contribution < 1.29 is 13.9 Å². The van der Waals surface area contributed by atoms with Crippen LogP contribution in [-0.4, -0.2) is 62.2 Å². The van der Waals surface area contributed by atoms with E-state index in [9.17, 15) is 14.0 Å². The largest absolute Gasteiger partial charge is 0.444 e. The molecule has 3 heterocycles. The highest BCUT2D eigenvalue weighted by Gasteiger charge is 2.26. The summed E-state index contributed by atoms with van der Waals surface area (Å²) in [6, 6.07) is 16.2. The Balaban J connectivity index is 1.22. The zero-order valence-corrected chi connectivity index (χ0v) is 26.4. The average Bonchev–Trinajstić information content (AvgIpc) is 2.95. The minimum atomic E-state index is -0.494. The molecule has 4 aromatic rings. The second-order valence-electron chi connectivity index (χ2n) is 11.8. The zero-order valence-electron chi connectivity index (χ0n) is 24.8. The quantitative estimate of drug-likeness (QED) is 0.264. The van der Waals surface area contributed by atoms with Gasteiger partial charge in [0.2, 0.25) is 5.95 Å². The van der Waals surface area contributed by atoms with E-state index in [2.05, 4.69) is 60.4 Å². The van der Waals surface area contributed by atoms with Crippen LogP contribution in [0.2, 0.25) is 0 Å². The molecule has 2 aromatic carbocycles. The second-order valence-corrected chi connectivity index (χ2v) is 12.7. The smallest absolute Gasteiger partial charge is 0.410 e. The summed E-state index contributed by atoms with van der Waals surface area (Å²) < 4.78 is 22.1. The SMILES string of the molecule is C[C@H](Nc1ncc2ccc(=O)n(Cc3ccc(Br)cc3F)c2n1)c1ccc(CN2CCN(C(=O)OC(C)(C)C)CC2)cc1. The van der Waals surface area contributed by atoms with Gasteiger partial charge in [-0.25, -0.2) is 14.2 Å². The number of nitrogens with one attached hydrogen (secondary N) is 1. The summed E-state index contributed by atoms with van der Waals surface area (Å²) in [6.45, 7) is 11.4. The van der Waals surface area contributed by atoms with Gasteiger partial charge in [0.25, 0.3) is 5.56 Å².